The molecule has 368 valence electrons. The molecule has 1 unspecified atom stereocenters. The second-order valence-electron chi connectivity index (χ2n) is 16.5. The molecule has 0 aromatic carbocycles. The number of allylic oxidation sites excluding steroid dienone is 26. The quantitative estimate of drug-likeness (QED) is 0.0374. The van der Waals surface area contributed by atoms with Crippen LogP contribution in [0, 0.1) is 0 Å². The first-order valence-electron chi connectivity index (χ1n) is 26.0. The van der Waals surface area contributed by atoms with Gasteiger partial charge in [0.25, 0.3) is 0 Å². The Bertz CT molecular complexity index is 1490. The van der Waals surface area contributed by atoms with Gasteiger partial charge in [-0.05, 0) is 116 Å². The van der Waals surface area contributed by atoms with E-state index in [1.165, 1.54) is 51.4 Å². The molecular weight excluding hydrogens is 813 g/mol. The van der Waals surface area contributed by atoms with E-state index in [4.69, 9.17) is 9.47 Å². The van der Waals surface area contributed by atoms with Crippen LogP contribution < -0.4 is 0 Å². The predicted octanol–water partition coefficient (Wildman–Crippen LogP) is 17.6. The highest BCUT2D eigenvalue weighted by Crippen LogP contribution is 2.13. The van der Waals surface area contributed by atoms with Gasteiger partial charge in [0.2, 0.25) is 0 Å². The predicted molar refractivity (Wildman–Crippen MR) is 287 cm³/mol. The standard InChI is InChI=1S/C61H94O5/c1-3-5-7-9-11-13-15-17-19-21-22-23-24-25-26-27-28-29-30-31-32-33-34-35-36-37-38-40-42-44-46-48-50-52-54-56-61(64)66-59(57-62)58-65-60(63)55-53-51-49-47-45-43-41-39-20-18-16-14-12-10-8-6-4-2/h5-8,11-14,17-20,22-23,25-26,28-29,31-32,34-35,41,43,47,49,59,62H,3-4,9-10,15-16,21,24,27,30,33,36-40,42,44-46,48,50-58H2,1-2H3/b7-5-,8-6-,13-11-,14-12-,19-17-,20-18-,23-22-,26-25-,29-28-,32-31-,35-34-,43-41-,49-47-. The minimum Gasteiger partial charge on any atom is -0.462 e. The van der Waals surface area contributed by atoms with Crippen molar-refractivity contribution in [3.8, 4) is 0 Å². The van der Waals surface area contributed by atoms with Crippen molar-refractivity contribution in [1.29, 1.82) is 0 Å². The Morgan fingerprint density at radius 2 is 0.621 bits per heavy atom. The van der Waals surface area contributed by atoms with Gasteiger partial charge in [-0.2, -0.15) is 0 Å². The molecule has 0 radical (unpaired) electrons. The third kappa shape index (κ3) is 52.1. The summed E-state index contributed by atoms with van der Waals surface area (Å²) in [5.74, 6) is -0.677. The van der Waals surface area contributed by atoms with Gasteiger partial charge in [0, 0.05) is 12.8 Å². The number of ether oxygens (including phenoxy) is 2. The molecule has 0 heterocycles. The summed E-state index contributed by atoms with van der Waals surface area (Å²) in [7, 11) is 0. The van der Waals surface area contributed by atoms with Crippen molar-refractivity contribution in [3.63, 3.8) is 0 Å². The van der Waals surface area contributed by atoms with Gasteiger partial charge in [-0.25, -0.2) is 0 Å². The number of hydrogen-bond donors (Lipinski definition) is 1. The number of aliphatic hydroxyl groups is 1. The molecule has 0 aliphatic heterocycles. The SMILES string of the molecule is CC/C=C\C/C=C\C/C=C\C/C=C\C/C=C\C/C=C\C/C=C\C/C=C\CCCCCCCCCCCCC(=O)OC(CO)COC(=O)CCC/C=C\C/C=C\C/C=C\C/C=C\C/C=C\CC. The van der Waals surface area contributed by atoms with Crippen LogP contribution in [0.25, 0.3) is 0 Å². The van der Waals surface area contributed by atoms with Gasteiger partial charge >= 0.3 is 11.9 Å². The van der Waals surface area contributed by atoms with Crippen LogP contribution in [0.3, 0.4) is 0 Å². The lowest BCUT2D eigenvalue weighted by molar-refractivity contribution is -0.161. The van der Waals surface area contributed by atoms with E-state index in [0.717, 1.165) is 109 Å². The Morgan fingerprint density at radius 1 is 0.348 bits per heavy atom. The fourth-order valence-electron chi connectivity index (χ4n) is 6.49. The van der Waals surface area contributed by atoms with Crippen molar-refractivity contribution >= 4 is 11.9 Å². The molecule has 0 aliphatic carbocycles. The molecule has 0 saturated heterocycles. The average Bonchev–Trinajstić information content (AvgIpc) is 3.32. The molecule has 0 amide bonds. The first-order valence-corrected chi connectivity index (χ1v) is 26.0. The van der Waals surface area contributed by atoms with Gasteiger partial charge in [-0.3, -0.25) is 9.59 Å². The lowest BCUT2D eigenvalue weighted by Gasteiger charge is -2.15. The lowest BCUT2D eigenvalue weighted by atomic mass is 10.0. The molecule has 0 aromatic heterocycles. The van der Waals surface area contributed by atoms with Crippen LogP contribution in [0.5, 0.6) is 0 Å². The van der Waals surface area contributed by atoms with Gasteiger partial charge in [-0.15, -0.1) is 0 Å². The molecule has 0 aromatic rings. The molecule has 0 bridgehead atoms. The van der Waals surface area contributed by atoms with Crippen LogP contribution in [0.4, 0.5) is 0 Å². The van der Waals surface area contributed by atoms with Gasteiger partial charge in [0.15, 0.2) is 6.10 Å². The lowest BCUT2D eigenvalue weighted by Crippen LogP contribution is -2.28. The third-order valence-corrected chi connectivity index (χ3v) is 10.3. The topological polar surface area (TPSA) is 72.8 Å². The largest absolute Gasteiger partial charge is 0.462 e. The molecule has 0 aliphatic rings. The van der Waals surface area contributed by atoms with E-state index >= 15 is 0 Å². The molecule has 66 heavy (non-hydrogen) atoms. The maximum absolute atomic E-state index is 12.3. The van der Waals surface area contributed by atoms with Crippen LogP contribution in [0.2, 0.25) is 0 Å². The van der Waals surface area contributed by atoms with E-state index in [-0.39, 0.29) is 25.2 Å². The molecule has 0 rings (SSSR count). The molecule has 1 N–H and O–H groups in total. The Balaban J connectivity index is 3.64. The van der Waals surface area contributed by atoms with Crippen molar-refractivity contribution in [2.75, 3.05) is 13.2 Å². The van der Waals surface area contributed by atoms with Crippen molar-refractivity contribution in [1.82, 2.24) is 0 Å². The first kappa shape index (κ1) is 61.5. The number of rotatable bonds is 45. The molecule has 5 nitrogen and oxygen atoms in total. The zero-order chi connectivity index (χ0) is 47.7. The summed E-state index contributed by atoms with van der Waals surface area (Å²) in [6, 6.07) is 0. The maximum atomic E-state index is 12.3. The maximum Gasteiger partial charge on any atom is 0.306 e. The number of hydrogen-bond acceptors (Lipinski definition) is 5. The van der Waals surface area contributed by atoms with Crippen LogP contribution in [-0.2, 0) is 19.1 Å². The molecule has 5 heteroatoms. The highest BCUT2D eigenvalue weighted by Gasteiger charge is 2.16. The monoisotopic (exact) mass is 907 g/mol. The number of aliphatic hydroxyl groups excluding tert-OH is 1. The van der Waals surface area contributed by atoms with E-state index in [1.807, 2.05) is 0 Å². The Hall–Kier alpha value is -4.48. The smallest absolute Gasteiger partial charge is 0.306 e. The van der Waals surface area contributed by atoms with Crippen molar-refractivity contribution in [3.05, 3.63) is 158 Å². The van der Waals surface area contributed by atoms with Gasteiger partial charge in [0.05, 0.1) is 6.61 Å². The second-order valence-corrected chi connectivity index (χ2v) is 16.5. The highest BCUT2D eigenvalue weighted by molar-refractivity contribution is 5.70. The number of carbonyl (C=O) groups is 2. The summed E-state index contributed by atoms with van der Waals surface area (Å²) in [5.41, 5.74) is 0. The van der Waals surface area contributed by atoms with E-state index in [9.17, 15) is 14.7 Å². The summed E-state index contributed by atoms with van der Waals surface area (Å²) in [4.78, 5) is 24.4. The van der Waals surface area contributed by atoms with Crippen LogP contribution in [-0.4, -0.2) is 36.4 Å². The summed E-state index contributed by atoms with van der Waals surface area (Å²) in [6.45, 7) is 3.84. The van der Waals surface area contributed by atoms with Crippen molar-refractivity contribution in [2.45, 2.75) is 200 Å². The summed E-state index contributed by atoms with van der Waals surface area (Å²) < 4.78 is 10.6. The first-order chi connectivity index (χ1) is 32.6. The summed E-state index contributed by atoms with van der Waals surface area (Å²) >= 11 is 0. The zero-order valence-electron chi connectivity index (χ0n) is 41.9. The van der Waals surface area contributed by atoms with Gasteiger partial charge in [0.1, 0.15) is 6.61 Å². The van der Waals surface area contributed by atoms with E-state index in [1.54, 1.807) is 0 Å². The van der Waals surface area contributed by atoms with Crippen LogP contribution in [0.15, 0.2) is 158 Å². The van der Waals surface area contributed by atoms with Crippen LogP contribution >= 0.6 is 0 Å². The molecule has 0 saturated carbocycles. The summed E-state index contributed by atoms with van der Waals surface area (Å²) in [5, 5.41) is 9.62. The van der Waals surface area contributed by atoms with E-state index in [2.05, 4.69) is 172 Å². The fourth-order valence-corrected chi connectivity index (χ4v) is 6.49. The highest BCUT2D eigenvalue weighted by atomic mass is 16.6. The minimum atomic E-state index is -0.810. The Morgan fingerprint density at radius 3 is 0.955 bits per heavy atom. The normalized spacial score (nSPS) is 13.6. The number of carbonyl (C=O) groups excluding carboxylic acids is 2. The van der Waals surface area contributed by atoms with Crippen molar-refractivity contribution < 1.29 is 24.2 Å². The second kappa shape index (κ2) is 54.9. The Labute approximate surface area is 405 Å². The third-order valence-electron chi connectivity index (χ3n) is 10.3. The van der Waals surface area contributed by atoms with E-state index in [0.29, 0.717) is 19.3 Å². The number of esters is 2. The summed E-state index contributed by atoms with van der Waals surface area (Å²) in [6.07, 6.45) is 84.9. The van der Waals surface area contributed by atoms with Gasteiger partial charge in [-0.1, -0.05) is 223 Å². The molecule has 0 fully saturated rings. The number of unbranched alkanes of at least 4 members (excludes halogenated alkanes) is 11. The average molecular weight is 907 g/mol. The van der Waals surface area contributed by atoms with Crippen molar-refractivity contribution in [2.24, 2.45) is 0 Å². The van der Waals surface area contributed by atoms with Gasteiger partial charge < -0.3 is 14.6 Å². The van der Waals surface area contributed by atoms with Crippen LogP contribution in [0.1, 0.15) is 194 Å². The fraction of sp³-hybridized carbons (Fsp3) is 0.541. The molecular formula is C61H94O5. The minimum absolute atomic E-state index is 0.107. The zero-order valence-corrected chi connectivity index (χ0v) is 41.9. The Kier molecular flexibility index (Phi) is 51.1. The van der Waals surface area contributed by atoms with E-state index < -0.39 is 6.10 Å². The molecule has 1 atom stereocenters. The molecule has 0 spiro atoms.